The van der Waals surface area contributed by atoms with Gasteiger partial charge in [0.25, 0.3) is 0 Å². The second-order valence-electron chi connectivity index (χ2n) is 4.08. The van der Waals surface area contributed by atoms with Crippen LogP contribution in [0.5, 0.6) is 0 Å². The monoisotopic (exact) mass is 253 g/mol. The van der Waals surface area contributed by atoms with Crippen molar-refractivity contribution in [1.29, 1.82) is 0 Å². The van der Waals surface area contributed by atoms with Crippen molar-refractivity contribution < 1.29 is 0 Å². The summed E-state index contributed by atoms with van der Waals surface area (Å²) in [6.45, 7) is 0. The number of halogens is 1. The second kappa shape index (κ2) is 4.45. The number of nitrogens with one attached hydrogen (secondary N) is 1. The van der Waals surface area contributed by atoms with Crippen molar-refractivity contribution in [3.05, 3.63) is 34.3 Å². The van der Waals surface area contributed by atoms with Crippen molar-refractivity contribution in [2.45, 2.75) is 25.3 Å². The molecular formula is C12H16BrN. The van der Waals surface area contributed by atoms with Gasteiger partial charge in [-0.25, -0.2) is 0 Å². The minimum absolute atomic E-state index is 0.528. The predicted octanol–water partition coefficient (Wildman–Crippen LogP) is 3.51. The van der Waals surface area contributed by atoms with Gasteiger partial charge in [0.05, 0.1) is 0 Å². The largest absolute Gasteiger partial charge is 0.313 e. The molecule has 0 spiro atoms. The summed E-state index contributed by atoms with van der Waals surface area (Å²) < 4.78 is 1.17. The molecule has 1 nitrogen and oxygen atoms in total. The van der Waals surface area contributed by atoms with Crippen LogP contribution in [0.15, 0.2) is 28.7 Å². The summed E-state index contributed by atoms with van der Waals surface area (Å²) in [4.78, 5) is 0. The van der Waals surface area contributed by atoms with E-state index in [1.54, 1.807) is 0 Å². The van der Waals surface area contributed by atoms with Crippen LogP contribution < -0.4 is 5.32 Å². The van der Waals surface area contributed by atoms with Gasteiger partial charge in [0.2, 0.25) is 0 Å². The molecule has 1 aliphatic carbocycles. The molecule has 1 aromatic carbocycles. The third-order valence-corrected chi connectivity index (χ3v) is 3.36. The maximum Gasteiger partial charge on any atom is 0.0320 e. The molecule has 0 aliphatic heterocycles. The molecule has 1 N–H and O–H groups in total. The molecule has 0 amide bonds. The van der Waals surface area contributed by atoms with Gasteiger partial charge in [-0.15, -0.1) is 0 Å². The number of hydrogen-bond donors (Lipinski definition) is 1. The quantitative estimate of drug-likeness (QED) is 0.866. The van der Waals surface area contributed by atoms with Gasteiger partial charge in [0.15, 0.2) is 0 Å². The number of hydrogen-bond acceptors (Lipinski definition) is 1. The van der Waals surface area contributed by atoms with E-state index in [9.17, 15) is 0 Å². The minimum atomic E-state index is 0.528. The topological polar surface area (TPSA) is 12.0 Å². The Hall–Kier alpha value is -0.340. The highest BCUT2D eigenvalue weighted by molar-refractivity contribution is 9.10. The Balaban J connectivity index is 2.08. The van der Waals surface area contributed by atoms with E-state index in [1.807, 2.05) is 7.05 Å². The van der Waals surface area contributed by atoms with Crippen LogP contribution in [0.2, 0.25) is 0 Å². The molecule has 1 fully saturated rings. The lowest BCUT2D eigenvalue weighted by Gasteiger charge is -2.16. The van der Waals surface area contributed by atoms with Gasteiger partial charge in [-0.2, -0.15) is 0 Å². The van der Waals surface area contributed by atoms with Crippen LogP contribution in [0.1, 0.15) is 30.9 Å². The highest BCUT2D eigenvalue weighted by Gasteiger charge is 2.25. The maximum absolute atomic E-state index is 3.51. The van der Waals surface area contributed by atoms with Gasteiger partial charge in [0, 0.05) is 10.5 Å². The molecule has 2 rings (SSSR count). The molecule has 14 heavy (non-hydrogen) atoms. The molecule has 0 radical (unpaired) electrons. The normalized spacial score (nSPS) is 18.1. The van der Waals surface area contributed by atoms with Crippen LogP contribution in [0, 0.1) is 5.92 Å². The number of benzene rings is 1. The summed E-state index contributed by atoms with van der Waals surface area (Å²) in [5.74, 6) is 0.964. The molecule has 0 heterocycles. The van der Waals surface area contributed by atoms with E-state index < -0.39 is 0 Å². The third kappa shape index (κ3) is 2.58. The lowest BCUT2D eigenvalue weighted by atomic mass is 10.0. The zero-order valence-corrected chi connectivity index (χ0v) is 10.0. The fraction of sp³-hybridized carbons (Fsp3) is 0.500. The van der Waals surface area contributed by atoms with Crippen LogP contribution in [0.4, 0.5) is 0 Å². The Kier molecular flexibility index (Phi) is 3.24. The van der Waals surface area contributed by atoms with E-state index in [0.29, 0.717) is 6.04 Å². The molecular weight excluding hydrogens is 238 g/mol. The van der Waals surface area contributed by atoms with Crippen LogP contribution in [0.25, 0.3) is 0 Å². The fourth-order valence-corrected chi connectivity index (χ4v) is 2.25. The third-order valence-electron chi connectivity index (χ3n) is 2.87. The van der Waals surface area contributed by atoms with Crippen molar-refractivity contribution in [2.24, 2.45) is 5.92 Å². The average Bonchev–Trinajstić information content (AvgIpc) is 2.98. The van der Waals surface area contributed by atoms with E-state index in [0.717, 1.165) is 5.92 Å². The molecule has 1 unspecified atom stereocenters. The highest BCUT2D eigenvalue weighted by Crippen LogP contribution is 2.37. The molecule has 0 saturated heterocycles. The van der Waals surface area contributed by atoms with E-state index >= 15 is 0 Å². The number of rotatable bonds is 4. The summed E-state index contributed by atoms with van der Waals surface area (Å²) in [5, 5.41) is 3.40. The van der Waals surface area contributed by atoms with Crippen molar-refractivity contribution >= 4 is 15.9 Å². The predicted molar refractivity (Wildman–Crippen MR) is 63.3 cm³/mol. The molecule has 1 atom stereocenters. The molecule has 0 bridgehead atoms. The maximum atomic E-state index is 3.51. The van der Waals surface area contributed by atoms with E-state index in [2.05, 4.69) is 45.5 Å². The Morgan fingerprint density at radius 1 is 1.50 bits per heavy atom. The van der Waals surface area contributed by atoms with Crippen LogP contribution >= 0.6 is 15.9 Å². The SMILES string of the molecule is CNC(CC1CC1)c1cccc(Br)c1. The van der Waals surface area contributed by atoms with Crippen LogP contribution in [0.3, 0.4) is 0 Å². The Labute approximate surface area is 94.0 Å². The minimum Gasteiger partial charge on any atom is -0.313 e. The first-order valence-electron chi connectivity index (χ1n) is 5.22. The van der Waals surface area contributed by atoms with Gasteiger partial charge in [-0.05, 0) is 37.1 Å². The summed E-state index contributed by atoms with van der Waals surface area (Å²) in [7, 11) is 2.05. The summed E-state index contributed by atoms with van der Waals surface area (Å²) in [6, 6.07) is 9.13. The molecule has 0 aromatic heterocycles. The molecule has 76 valence electrons. The first-order chi connectivity index (χ1) is 6.79. The van der Waals surface area contributed by atoms with Crippen molar-refractivity contribution in [3.8, 4) is 0 Å². The van der Waals surface area contributed by atoms with E-state index in [4.69, 9.17) is 0 Å². The van der Waals surface area contributed by atoms with E-state index in [-0.39, 0.29) is 0 Å². The van der Waals surface area contributed by atoms with Crippen LogP contribution in [-0.4, -0.2) is 7.05 Å². The summed E-state index contributed by atoms with van der Waals surface area (Å²) in [5.41, 5.74) is 1.40. The first-order valence-corrected chi connectivity index (χ1v) is 6.01. The molecule has 2 heteroatoms. The van der Waals surface area contributed by atoms with Crippen molar-refractivity contribution in [1.82, 2.24) is 5.32 Å². The first kappa shape index (κ1) is 10.2. The van der Waals surface area contributed by atoms with Gasteiger partial charge >= 0.3 is 0 Å². The van der Waals surface area contributed by atoms with Gasteiger partial charge in [0.1, 0.15) is 0 Å². The molecule has 1 aromatic rings. The van der Waals surface area contributed by atoms with Gasteiger partial charge in [-0.3, -0.25) is 0 Å². The zero-order chi connectivity index (χ0) is 9.97. The van der Waals surface area contributed by atoms with Crippen molar-refractivity contribution in [2.75, 3.05) is 7.05 Å². The molecule has 1 saturated carbocycles. The lowest BCUT2D eigenvalue weighted by Crippen LogP contribution is -2.16. The summed E-state index contributed by atoms with van der Waals surface area (Å²) in [6.07, 6.45) is 4.13. The van der Waals surface area contributed by atoms with E-state index in [1.165, 1.54) is 29.3 Å². The fourth-order valence-electron chi connectivity index (χ4n) is 1.83. The Bertz CT molecular complexity index is 307. The standard InChI is InChI=1S/C12H16BrN/c1-14-12(7-9-5-6-9)10-3-2-4-11(13)8-10/h2-4,8-9,12,14H,5-7H2,1H3. The smallest absolute Gasteiger partial charge is 0.0320 e. The van der Waals surface area contributed by atoms with Crippen molar-refractivity contribution in [3.63, 3.8) is 0 Å². The highest BCUT2D eigenvalue weighted by atomic mass is 79.9. The van der Waals surface area contributed by atoms with Gasteiger partial charge < -0.3 is 5.32 Å². The molecule has 1 aliphatic rings. The second-order valence-corrected chi connectivity index (χ2v) is 4.99. The van der Waals surface area contributed by atoms with Gasteiger partial charge in [-0.1, -0.05) is 40.9 Å². The Morgan fingerprint density at radius 2 is 2.29 bits per heavy atom. The zero-order valence-electron chi connectivity index (χ0n) is 8.46. The average molecular weight is 254 g/mol. The lowest BCUT2D eigenvalue weighted by molar-refractivity contribution is 0.514. The Morgan fingerprint density at radius 3 is 2.86 bits per heavy atom. The van der Waals surface area contributed by atoms with Crippen LogP contribution in [-0.2, 0) is 0 Å². The summed E-state index contributed by atoms with van der Waals surface area (Å²) >= 11 is 3.51.